The van der Waals surface area contributed by atoms with Crippen molar-refractivity contribution in [3.05, 3.63) is 26.3 Å². The number of aliphatic hydroxyl groups excluding tert-OH is 1. The Hall–Kier alpha value is -0.530. The van der Waals surface area contributed by atoms with Crippen LogP contribution in [0.4, 0.5) is 0 Å². The third-order valence-corrected chi connectivity index (χ3v) is 4.46. The van der Waals surface area contributed by atoms with Crippen LogP contribution in [0.2, 0.25) is 5.02 Å². The van der Waals surface area contributed by atoms with Gasteiger partial charge in [0, 0.05) is 9.61 Å². The van der Waals surface area contributed by atoms with Crippen molar-refractivity contribution in [3.63, 3.8) is 0 Å². The lowest BCUT2D eigenvalue weighted by atomic mass is 9.89. The molecular formula is C12H13ClINO3. The van der Waals surface area contributed by atoms with Gasteiger partial charge in [-0.05, 0) is 47.6 Å². The number of methoxy groups -OCH3 is 1. The maximum Gasteiger partial charge on any atom is 0.255 e. The van der Waals surface area contributed by atoms with Gasteiger partial charge in [0.25, 0.3) is 5.91 Å². The second kappa shape index (κ2) is 5.63. The molecule has 1 amide bonds. The SMILES string of the molecule is COc1cc(I)c(Cl)cc1C(=O)NC1CC(O)C1. The summed E-state index contributed by atoms with van der Waals surface area (Å²) in [6, 6.07) is 3.37. The zero-order valence-electron chi connectivity index (χ0n) is 9.74. The number of rotatable bonds is 3. The summed E-state index contributed by atoms with van der Waals surface area (Å²) >= 11 is 8.09. The quantitative estimate of drug-likeness (QED) is 0.789. The first-order valence-corrected chi connectivity index (χ1v) is 6.99. The molecule has 0 heterocycles. The predicted molar refractivity (Wildman–Crippen MR) is 77.2 cm³/mol. The van der Waals surface area contributed by atoms with E-state index in [1.54, 1.807) is 12.1 Å². The molecule has 0 radical (unpaired) electrons. The van der Waals surface area contributed by atoms with Gasteiger partial charge in [-0.3, -0.25) is 4.79 Å². The van der Waals surface area contributed by atoms with Gasteiger partial charge >= 0.3 is 0 Å². The van der Waals surface area contributed by atoms with Crippen LogP contribution in [0.15, 0.2) is 12.1 Å². The molecule has 1 aromatic carbocycles. The molecule has 0 aromatic heterocycles. The number of hydrogen-bond acceptors (Lipinski definition) is 3. The highest BCUT2D eigenvalue weighted by atomic mass is 127. The molecule has 98 valence electrons. The summed E-state index contributed by atoms with van der Waals surface area (Å²) in [6.45, 7) is 0. The Kier molecular flexibility index (Phi) is 4.34. The monoisotopic (exact) mass is 381 g/mol. The van der Waals surface area contributed by atoms with Gasteiger partial charge < -0.3 is 15.2 Å². The van der Waals surface area contributed by atoms with Gasteiger partial charge in [0.15, 0.2) is 0 Å². The predicted octanol–water partition coefficient (Wildman–Crippen LogP) is 2.21. The molecule has 0 spiro atoms. The second-order valence-corrected chi connectivity index (χ2v) is 5.83. The minimum absolute atomic E-state index is 0.0373. The highest BCUT2D eigenvalue weighted by Gasteiger charge is 2.29. The maximum atomic E-state index is 12.1. The first-order chi connectivity index (χ1) is 8.51. The van der Waals surface area contributed by atoms with Crippen molar-refractivity contribution >= 4 is 40.1 Å². The van der Waals surface area contributed by atoms with Crippen molar-refractivity contribution < 1.29 is 14.6 Å². The molecule has 1 aromatic rings. The van der Waals surface area contributed by atoms with E-state index in [-0.39, 0.29) is 18.1 Å². The topological polar surface area (TPSA) is 58.6 Å². The fourth-order valence-corrected chi connectivity index (χ4v) is 2.45. The van der Waals surface area contributed by atoms with Gasteiger partial charge in [-0.2, -0.15) is 0 Å². The van der Waals surface area contributed by atoms with E-state index in [0.29, 0.717) is 29.2 Å². The van der Waals surface area contributed by atoms with Crippen LogP contribution >= 0.6 is 34.2 Å². The standard InChI is InChI=1S/C12H13ClINO3/c1-18-11-5-10(14)9(13)4-8(11)12(17)15-6-2-7(16)3-6/h4-7,16H,2-3H2,1H3,(H,15,17). The van der Waals surface area contributed by atoms with E-state index in [1.165, 1.54) is 7.11 Å². The zero-order valence-corrected chi connectivity index (χ0v) is 12.7. The molecule has 0 unspecified atom stereocenters. The summed E-state index contributed by atoms with van der Waals surface area (Å²) in [6.07, 6.45) is 0.913. The second-order valence-electron chi connectivity index (χ2n) is 4.26. The molecule has 18 heavy (non-hydrogen) atoms. The van der Waals surface area contributed by atoms with Crippen molar-refractivity contribution in [2.45, 2.75) is 25.0 Å². The van der Waals surface area contributed by atoms with E-state index in [1.807, 2.05) is 0 Å². The molecule has 2 rings (SSSR count). The van der Waals surface area contributed by atoms with Gasteiger partial charge in [0.05, 0.1) is 23.8 Å². The molecule has 0 bridgehead atoms. The van der Waals surface area contributed by atoms with E-state index in [9.17, 15) is 9.90 Å². The third kappa shape index (κ3) is 2.89. The molecular weight excluding hydrogens is 368 g/mol. The van der Waals surface area contributed by atoms with Crippen LogP contribution in [0.1, 0.15) is 23.2 Å². The van der Waals surface area contributed by atoms with Gasteiger partial charge in [-0.25, -0.2) is 0 Å². The Labute approximate surface area is 124 Å². The van der Waals surface area contributed by atoms with Crippen LogP contribution in [0, 0.1) is 3.57 Å². The van der Waals surface area contributed by atoms with Crippen LogP contribution in [-0.4, -0.2) is 30.3 Å². The normalized spacial score (nSPS) is 22.2. The van der Waals surface area contributed by atoms with Crippen molar-refractivity contribution in [3.8, 4) is 5.75 Å². The molecule has 1 aliphatic carbocycles. The van der Waals surface area contributed by atoms with E-state index in [2.05, 4.69) is 27.9 Å². The van der Waals surface area contributed by atoms with Gasteiger partial charge in [0.2, 0.25) is 0 Å². The van der Waals surface area contributed by atoms with Crippen LogP contribution < -0.4 is 10.1 Å². The molecule has 1 fully saturated rings. The smallest absolute Gasteiger partial charge is 0.255 e. The molecule has 1 saturated carbocycles. The summed E-state index contributed by atoms with van der Waals surface area (Å²) in [5, 5.41) is 12.6. The maximum absolute atomic E-state index is 12.1. The number of benzene rings is 1. The van der Waals surface area contributed by atoms with Gasteiger partial charge in [0.1, 0.15) is 5.75 Å². The lowest BCUT2D eigenvalue weighted by Gasteiger charge is -2.32. The Morgan fingerprint density at radius 2 is 2.22 bits per heavy atom. The summed E-state index contributed by atoms with van der Waals surface area (Å²) in [5.74, 6) is 0.281. The molecule has 2 N–H and O–H groups in total. The van der Waals surface area contributed by atoms with E-state index >= 15 is 0 Å². The number of ether oxygens (including phenoxy) is 1. The fraction of sp³-hybridized carbons (Fsp3) is 0.417. The number of aliphatic hydroxyl groups is 1. The minimum atomic E-state index is -0.294. The van der Waals surface area contributed by atoms with E-state index in [0.717, 1.165) is 3.57 Å². The van der Waals surface area contributed by atoms with E-state index < -0.39 is 0 Å². The molecule has 0 aliphatic heterocycles. The Balaban J connectivity index is 2.16. The van der Waals surface area contributed by atoms with Crippen molar-refractivity contribution in [2.75, 3.05) is 7.11 Å². The average Bonchev–Trinajstić information content (AvgIpc) is 2.30. The molecule has 0 atom stereocenters. The molecule has 0 saturated heterocycles. The van der Waals surface area contributed by atoms with Crippen molar-refractivity contribution in [1.29, 1.82) is 0 Å². The number of carbonyl (C=O) groups is 1. The highest BCUT2D eigenvalue weighted by Crippen LogP contribution is 2.29. The Morgan fingerprint density at radius 1 is 1.56 bits per heavy atom. The average molecular weight is 382 g/mol. The highest BCUT2D eigenvalue weighted by molar-refractivity contribution is 14.1. The largest absolute Gasteiger partial charge is 0.496 e. The number of hydrogen-bond donors (Lipinski definition) is 2. The fourth-order valence-electron chi connectivity index (χ4n) is 1.84. The molecule has 1 aliphatic rings. The Morgan fingerprint density at radius 3 is 2.78 bits per heavy atom. The lowest BCUT2D eigenvalue weighted by molar-refractivity contribution is 0.0561. The third-order valence-electron chi connectivity index (χ3n) is 2.94. The molecule has 6 heteroatoms. The van der Waals surface area contributed by atoms with Crippen LogP contribution in [-0.2, 0) is 0 Å². The van der Waals surface area contributed by atoms with Crippen LogP contribution in [0.5, 0.6) is 5.75 Å². The number of halogens is 2. The first-order valence-electron chi connectivity index (χ1n) is 5.53. The van der Waals surface area contributed by atoms with Crippen LogP contribution in [0.25, 0.3) is 0 Å². The number of nitrogens with one attached hydrogen (secondary N) is 1. The summed E-state index contributed by atoms with van der Waals surface area (Å²) in [5.41, 5.74) is 0.421. The van der Waals surface area contributed by atoms with Crippen molar-refractivity contribution in [1.82, 2.24) is 5.32 Å². The van der Waals surface area contributed by atoms with Crippen molar-refractivity contribution in [2.24, 2.45) is 0 Å². The first kappa shape index (κ1) is 13.9. The molecule has 4 nitrogen and oxygen atoms in total. The van der Waals surface area contributed by atoms with E-state index in [4.69, 9.17) is 16.3 Å². The number of amides is 1. The lowest BCUT2D eigenvalue weighted by Crippen LogP contribution is -2.46. The summed E-state index contributed by atoms with van der Waals surface area (Å²) < 4.78 is 6.02. The minimum Gasteiger partial charge on any atom is -0.496 e. The summed E-state index contributed by atoms with van der Waals surface area (Å²) in [4.78, 5) is 12.1. The van der Waals surface area contributed by atoms with Crippen LogP contribution in [0.3, 0.4) is 0 Å². The van der Waals surface area contributed by atoms with Gasteiger partial charge in [-0.1, -0.05) is 11.6 Å². The zero-order chi connectivity index (χ0) is 13.3. The number of carbonyl (C=O) groups excluding carboxylic acids is 1. The summed E-state index contributed by atoms with van der Waals surface area (Å²) in [7, 11) is 1.52. The van der Waals surface area contributed by atoms with Gasteiger partial charge in [-0.15, -0.1) is 0 Å². The Bertz CT molecular complexity index is 475.